The first-order chi connectivity index (χ1) is 9.64. The van der Waals surface area contributed by atoms with Gasteiger partial charge in [-0.15, -0.1) is 0 Å². The van der Waals surface area contributed by atoms with E-state index in [2.05, 4.69) is 11.8 Å². The molecular weight excluding hydrogens is 254 g/mol. The molecule has 2 rings (SSSR count). The van der Waals surface area contributed by atoms with Crippen molar-refractivity contribution in [1.29, 1.82) is 0 Å². The van der Waals surface area contributed by atoms with Gasteiger partial charge in [-0.3, -0.25) is 9.69 Å². The van der Waals surface area contributed by atoms with E-state index in [0.717, 1.165) is 45.4 Å². The van der Waals surface area contributed by atoms with Crippen LogP contribution >= 0.6 is 0 Å². The fraction of sp³-hybridized carbons (Fsp3) is 0.933. The molecule has 2 aliphatic rings. The zero-order valence-corrected chi connectivity index (χ0v) is 12.9. The lowest BCUT2D eigenvalue weighted by molar-refractivity contribution is -0.146. The molecule has 5 nitrogen and oxygen atoms in total. The standard InChI is InChI=1S/C15H29N3O2/c1-3-13(12-16)17-7-9-18(10-8-17)14(19)11-15(20-2)5-4-6-15/h13H,3-12,16H2,1-2H3. The highest BCUT2D eigenvalue weighted by molar-refractivity contribution is 5.77. The van der Waals surface area contributed by atoms with Crippen LogP contribution < -0.4 is 5.73 Å². The Morgan fingerprint density at radius 1 is 1.30 bits per heavy atom. The molecule has 1 saturated carbocycles. The number of methoxy groups -OCH3 is 1. The van der Waals surface area contributed by atoms with Gasteiger partial charge in [-0.05, 0) is 25.7 Å². The van der Waals surface area contributed by atoms with Crippen LogP contribution in [0.5, 0.6) is 0 Å². The molecule has 1 heterocycles. The van der Waals surface area contributed by atoms with E-state index in [1.807, 2.05) is 4.90 Å². The van der Waals surface area contributed by atoms with Crippen molar-refractivity contribution in [1.82, 2.24) is 9.80 Å². The number of hydrogen-bond acceptors (Lipinski definition) is 4. The van der Waals surface area contributed by atoms with Crippen LogP contribution in [0, 0.1) is 0 Å². The van der Waals surface area contributed by atoms with Crippen molar-refractivity contribution < 1.29 is 9.53 Å². The highest BCUT2D eigenvalue weighted by Crippen LogP contribution is 2.38. The van der Waals surface area contributed by atoms with Crippen LogP contribution in [0.4, 0.5) is 0 Å². The van der Waals surface area contributed by atoms with Crippen LogP contribution in [0.25, 0.3) is 0 Å². The molecule has 116 valence electrons. The predicted molar refractivity (Wildman–Crippen MR) is 79.5 cm³/mol. The van der Waals surface area contributed by atoms with Crippen LogP contribution in [0.15, 0.2) is 0 Å². The number of amides is 1. The Kier molecular flexibility index (Phi) is 5.41. The molecule has 5 heteroatoms. The van der Waals surface area contributed by atoms with E-state index >= 15 is 0 Å². The highest BCUT2D eigenvalue weighted by atomic mass is 16.5. The zero-order chi connectivity index (χ0) is 14.6. The van der Waals surface area contributed by atoms with Crippen molar-refractivity contribution in [3.63, 3.8) is 0 Å². The van der Waals surface area contributed by atoms with Crippen molar-refractivity contribution in [3.05, 3.63) is 0 Å². The third-order valence-electron chi connectivity index (χ3n) is 5.10. The number of rotatable bonds is 6. The van der Waals surface area contributed by atoms with Gasteiger partial charge in [0.15, 0.2) is 0 Å². The summed E-state index contributed by atoms with van der Waals surface area (Å²) in [6.07, 6.45) is 4.87. The first kappa shape index (κ1) is 15.7. The molecular formula is C15H29N3O2. The van der Waals surface area contributed by atoms with Gasteiger partial charge in [-0.2, -0.15) is 0 Å². The topological polar surface area (TPSA) is 58.8 Å². The monoisotopic (exact) mass is 283 g/mol. The summed E-state index contributed by atoms with van der Waals surface area (Å²) in [5, 5.41) is 0. The van der Waals surface area contributed by atoms with E-state index in [0.29, 0.717) is 19.0 Å². The summed E-state index contributed by atoms with van der Waals surface area (Å²) in [4.78, 5) is 16.8. The normalized spacial score (nSPS) is 24.2. The van der Waals surface area contributed by atoms with Gasteiger partial charge in [0.05, 0.1) is 12.0 Å². The first-order valence-electron chi connectivity index (χ1n) is 7.91. The SMILES string of the molecule is CCC(CN)N1CCN(C(=O)CC2(OC)CCC2)CC1. The molecule has 1 saturated heterocycles. The zero-order valence-electron chi connectivity index (χ0n) is 12.9. The fourth-order valence-electron chi connectivity index (χ4n) is 3.32. The lowest BCUT2D eigenvalue weighted by Gasteiger charge is -2.43. The largest absolute Gasteiger partial charge is 0.378 e. The van der Waals surface area contributed by atoms with Gasteiger partial charge < -0.3 is 15.4 Å². The van der Waals surface area contributed by atoms with E-state index in [-0.39, 0.29) is 11.5 Å². The second-order valence-corrected chi connectivity index (χ2v) is 6.13. The van der Waals surface area contributed by atoms with Gasteiger partial charge in [0.25, 0.3) is 0 Å². The molecule has 0 aromatic rings. The number of carbonyl (C=O) groups is 1. The molecule has 0 aromatic heterocycles. The lowest BCUT2D eigenvalue weighted by Crippen LogP contribution is -2.55. The van der Waals surface area contributed by atoms with Gasteiger partial charge in [0.1, 0.15) is 0 Å². The summed E-state index contributed by atoms with van der Waals surface area (Å²) in [5.41, 5.74) is 5.64. The minimum atomic E-state index is -0.155. The minimum absolute atomic E-state index is 0.155. The molecule has 0 radical (unpaired) electrons. The average Bonchev–Trinajstić information content (AvgIpc) is 2.45. The number of hydrogen-bond donors (Lipinski definition) is 1. The van der Waals surface area contributed by atoms with Gasteiger partial charge >= 0.3 is 0 Å². The molecule has 1 amide bonds. The highest BCUT2D eigenvalue weighted by Gasteiger charge is 2.40. The van der Waals surface area contributed by atoms with Crippen LogP contribution in [-0.2, 0) is 9.53 Å². The molecule has 2 N–H and O–H groups in total. The van der Waals surface area contributed by atoms with Crippen molar-refractivity contribution in [3.8, 4) is 0 Å². The Labute approximate surface area is 122 Å². The van der Waals surface area contributed by atoms with Crippen LogP contribution in [0.2, 0.25) is 0 Å². The summed E-state index contributed by atoms with van der Waals surface area (Å²) >= 11 is 0. The summed E-state index contributed by atoms with van der Waals surface area (Å²) < 4.78 is 5.55. The Balaban J connectivity index is 1.80. The summed E-state index contributed by atoms with van der Waals surface area (Å²) in [5.74, 6) is 0.256. The van der Waals surface area contributed by atoms with Crippen molar-refractivity contribution in [2.24, 2.45) is 5.73 Å². The Morgan fingerprint density at radius 3 is 2.35 bits per heavy atom. The van der Waals surface area contributed by atoms with E-state index < -0.39 is 0 Å². The lowest BCUT2D eigenvalue weighted by atomic mass is 9.77. The maximum atomic E-state index is 12.4. The molecule has 1 aliphatic carbocycles. The van der Waals surface area contributed by atoms with Crippen LogP contribution in [0.3, 0.4) is 0 Å². The van der Waals surface area contributed by atoms with Crippen LogP contribution in [0.1, 0.15) is 39.0 Å². The summed E-state index contributed by atoms with van der Waals surface area (Å²) in [6.45, 7) is 6.43. The molecule has 0 aromatic carbocycles. The molecule has 0 bridgehead atoms. The smallest absolute Gasteiger partial charge is 0.225 e. The molecule has 1 unspecified atom stereocenters. The molecule has 0 spiro atoms. The Morgan fingerprint density at radius 2 is 1.95 bits per heavy atom. The minimum Gasteiger partial charge on any atom is -0.378 e. The van der Waals surface area contributed by atoms with Gasteiger partial charge in [0, 0.05) is 45.9 Å². The molecule has 1 aliphatic heterocycles. The second-order valence-electron chi connectivity index (χ2n) is 6.13. The maximum Gasteiger partial charge on any atom is 0.225 e. The van der Waals surface area contributed by atoms with Gasteiger partial charge in [0.2, 0.25) is 5.91 Å². The third-order valence-corrected chi connectivity index (χ3v) is 5.10. The van der Waals surface area contributed by atoms with Gasteiger partial charge in [-0.1, -0.05) is 6.92 Å². The first-order valence-corrected chi connectivity index (χ1v) is 7.91. The third kappa shape index (κ3) is 3.32. The quantitative estimate of drug-likeness (QED) is 0.784. The Hall–Kier alpha value is -0.650. The Bertz CT molecular complexity index is 314. The number of carbonyl (C=O) groups excluding carboxylic acids is 1. The molecule has 2 fully saturated rings. The van der Waals surface area contributed by atoms with E-state index in [1.54, 1.807) is 7.11 Å². The van der Waals surface area contributed by atoms with E-state index in [4.69, 9.17) is 10.5 Å². The van der Waals surface area contributed by atoms with E-state index in [9.17, 15) is 4.79 Å². The fourth-order valence-corrected chi connectivity index (χ4v) is 3.32. The van der Waals surface area contributed by atoms with Crippen molar-refractivity contribution in [2.75, 3.05) is 39.8 Å². The average molecular weight is 283 g/mol. The summed E-state index contributed by atoms with van der Waals surface area (Å²) in [6, 6.07) is 0.462. The predicted octanol–water partition coefficient (Wildman–Crippen LogP) is 0.827. The number of nitrogens with zero attached hydrogens (tertiary/aromatic N) is 2. The second kappa shape index (κ2) is 6.87. The number of nitrogens with two attached hydrogens (primary N) is 1. The molecule has 20 heavy (non-hydrogen) atoms. The molecule has 1 atom stereocenters. The van der Waals surface area contributed by atoms with Crippen molar-refractivity contribution >= 4 is 5.91 Å². The van der Waals surface area contributed by atoms with Gasteiger partial charge in [-0.25, -0.2) is 0 Å². The number of piperazine rings is 1. The van der Waals surface area contributed by atoms with E-state index in [1.165, 1.54) is 6.42 Å². The summed E-state index contributed by atoms with van der Waals surface area (Å²) in [7, 11) is 1.73. The number of ether oxygens (including phenoxy) is 1. The maximum absolute atomic E-state index is 12.4. The van der Waals surface area contributed by atoms with Crippen molar-refractivity contribution in [2.45, 2.75) is 50.7 Å². The van der Waals surface area contributed by atoms with Crippen LogP contribution in [-0.4, -0.2) is 67.2 Å².